The van der Waals surface area contributed by atoms with E-state index in [2.05, 4.69) is 41.0 Å². The Balaban J connectivity index is 1.79. The van der Waals surface area contributed by atoms with Crippen LogP contribution in [0.3, 0.4) is 0 Å². The lowest BCUT2D eigenvalue weighted by Gasteiger charge is -2.36. The van der Waals surface area contributed by atoms with Gasteiger partial charge in [-0.1, -0.05) is 12.1 Å². The second kappa shape index (κ2) is 6.76. The van der Waals surface area contributed by atoms with Crippen molar-refractivity contribution in [2.75, 3.05) is 44.2 Å². The minimum absolute atomic E-state index is 0.323. The van der Waals surface area contributed by atoms with Crippen LogP contribution < -0.4 is 4.90 Å². The Hall–Kier alpha value is -1.06. The van der Waals surface area contributed by atoms with Gasteiger partial charge in [0.25, 0.3) is 0 Å². The highest BCUT2D eigenvalue weighted by Crippen LogP contribution is 2.17. The molecule has 0 atom stereocenters. The van der Waals surface area contributed by atoms with Gasteiger partial charge in [0.2, 0.25) is 0 Å². The second-order valence-corrected chi connectivity index (χ2v) is 5.10. The van der Waals surface area contributed by atoms with Gasteiger partial charge in [0.1, 0.15) is 0 Å². The highest BCUT2D eigenvalue weighted by atomic mass is 16.2. The molecule has 0 amide bonds. The highest BCUT2D eigenvalue weighted by Gasteiger charge is 2.16. The summed E-state index contributed by atoms with van der Waals surface area (Å²) >= 11 is 0. The van der Waals surface area contributed by atoms with E-state index in [9.17, 15) is 0 Å². The molecule has 0 bridgehead atoms. The number of anilines is 1. The fourth-order valence-electron chi connectivity index (χ4n) is 2.50. The Morgan fingerprint density at radius 1 is 1.11 bits per heavy atom. The van der Waals surface area contributed by atoms with Crippen LogP contribution in [0.4, 0.5) is 5.69 Å². The number of benzene rings is 1. The molecule has 0 aliphatic carbocycles. The van der Waals surface area contributed by atoms with Crippen LogP contribution in [0.15, 0.2) is 24.3 Å². The smallest absolute Gasteiger partial charge is 0.0431 e. The molecule has 1 aromatic carbocycles. The van der Waals surface area contributed by atoms with Gasteiger partial charge in [-0.25, -0.2) is 0 Å². The van der Waals surface area contributed by atoms with Gasteiger partial charge < -0.3 is 10.0 Å². The molecule has 2 rings (SSSR count). The quantitative estimate of drug-likeness (QED) is 0.806. The molecule has 18 heavy (non-hydrogen) atoms. The summed E-state index contributed by atoms with van der Waals surface area (Å²) in [4.78, 5) is 4.97. The zero-order chi connectivity index (χ0) is 12.8. The molecule has 1 aliphatic heterocycles. The highest BCUT2D eigenvalue weighted by molar-refractivity contribution is 5.48. The van der Waals surface area contributed by atoms with Crippen molar-refractivity contribution in [2.45, 2.75) is 19.8 Å². The molecule has 0 aromatic heterocycles. The van der Waals surface area contributed by atoms with Gasteiger partial charge in [0.05, 0.1) is 0 Å². The van der Waals surface area contributed by atoms with E-state index in [-0.39, 0.29) is 0 Å². The van der Waals surface area contributed by atoms with Crippen molar-refractivity contribution in [2.24, 2.45) is 0 Å². The molecular weight excluding hydrogens is 224 g/mol. The van der Waals surface area contributed by atoms with Gasteiger partial charge in [-0.15, -0.1) is 0 Å². The van der Waals surface area contributed by atoms with Gasteiger partial charge in [0.15, 0.2) is 0 Å². The Bertz CT molecular complexity index is 359. The average molecular weight is 248 g/mol. The van der Waals surface area contributed by atoms with Gasteiger partial charge in [-0.3, -0.25) is 4.90 Å². The normalized spacial score (nSPS) is 17.1. The lowest BCUT2D eigenvalue weighted by atomic mass is 10.2. The van der Waals surface area contributed by atoms with E-state index in [1.807, 2.05) is 0 Å². The number of aryl methyl sites for hydroxylation is 1. The Labute approximate surface area is 110 Å². The van der Waals surface area contributed by atoms with Crippen molar-refractivity contribution in [1.82, 2.24) is 4.90 Å². The van der Waals surface area contributed by atoms with Crippen molar-refractivity contribution in [3.63, 3.8) is 0 Å². The molecule has 0 radical (unpaired) electrons. The fraction of sp³-hybridized carbons (Fsp3) is 0.600. The summed E-state index contributed by atoms with van der Waals surface area (Å²) in [6.45, 7) is 8.10. The molecule has 0 spiro atoms. The van der Waals surface area contributed by atoms with Crippen LogP contribution in [0.1, 0.15) is 18.4 Å². The summed E-state index contributed by atoms with van der Waals surface area (Å²) < 4.78 is 0. The average Bonchev–Trinajstić information content (AvgIpc) is 2.40. The second-order valence-electron chi connectivity index (χ2n) is 5.10. The van der Waals surface area contributed by atoms with Crippen molar-refractivity contribution in [1.29, 1.82) is 0 Å². The first kappa shape index (κ1) is 13.4. The van der Waals surface area contributed by atoms with Crippen molar-refractivity contribution in [3.8, 4) is 0 Å². The summed E-state index contributed by atoms with van der Waals surface area (Å²) in [6, 6.07) is 8.75. The van der Waals surface area contributed by atoms with E-state index >= 15 is 0 Å². The van der Waals surface area contributed by atoms with Crippen molar-refractivity contribution >= 4 is 5.69 Å². The van der Waals surface area contributed by atoms with E-state index < -0.39 is 0 Å². The molecule has 3 nitrogen and oxygen atoms in total. The number of aliphatic hydroxyl groups is 1. The Morgan fingerprint density at radius 2 is 1.89 bits per heavy atom. The van der Waals surface area contributed by atoms with E-state index in [4.69, 9.17) is 5.11 Å². The van der Waals surface area contributed by atoms with Crippen LogP contribution in [0, 0.1) is 6.92 Å². The van der Waals surface area contributed by atoms with Crippen LogP contribution in [0.25, 0.3) is 0 Å². The summed E-state index contributed by atoms with van der Waals surface area (Å²) in [7, 11) is 0. The van der Waals surface area contributed by atoms with E-state index in [1.165, 1.54) is 11.3 Å². The molecule has 1 fully saturated rings. The summed E-state index contributed by atoms with van der Waals surface area (Å²) in [5.74, 6) is 0. The minimum atomic E-state index is 0.323. The maximum absolute atomic E-state index is 8.79. The topological polar surface area (TPSA) is 26.7 Å². The van der Waals surface area contributed by atoms with E-state index in [0.717, 1.165) is 45.6 Å². The first-order valence-corrected chi connectivity index (χ1v) is 6.94. The molecule has 1 N–H and O–H groups in total. The summed E-state index contributed by atoms with van der Waals surface area (Å²) in [6.07, 6.45) is 2.04. The molecule has 0 saturated carbocycles. The minimum Gasteiger partial charge on any atom is -0.396 e. The van der Waals surface area contributed by atoms with Crippen molar-refractivity contribution < 1.29 is 5.11 Å². The Kier molecular flexibility index (Phi) is 5.02. The molecule has 1 aromatic rings. The van der Waals surface area contributed by atoms with Crippen LogP contribution in [-0.2, 0) is 0 Å². The maximum atomic E-state index is 8.79. The van der Waals surface area contributed by atoms with E-state index in [0.29, 0.717) is 6.61 Å². The SMILES string of the molecule is Cc1cccc(N2CCN(CCCCO)CC2)c1. The number of aliphatic hydroxyl groups excluding tert-OH is 1. The van der Waals surface area contributed by atoms with Crippen LogP contribution in [0.2, 0.25) is 0 Å². The van der Waals surface area contributed by atoms with Crippen LogP contribution >= 0.6 is 0 Å². The molecule has 1 aliphatic rings. The number of rotatable bonds is 5. The van der Waals surface area contributed by atoms with Gasteiger partial charge in [-0.2, -0.15) is 0 Å². The summed E-state index contributed by atoms with van der Waals surface area (Å²) in [5, 5.41) is 8.79. The number of piperazine rings is 1. The standard InChI is InChI=1S/C15H24N2O/c1-14-5-4-6-15(13-14)17-10-8-16(9-11-17)7-2-3-12-18/h4-6,13,18H,2-3,7-12H2,1H3. The van der Waals surface area contributed by atoms with Gasteiger partial charge in [0, 0.05) is 38.5 Å². The molecule has 0 unspecified atom stereocenters. The fourth-order valence-corrected chi connectivity index (χ4v) is 2.50. The largest absolute Gasteiger partial charge is 0.396 e. The molecule has 1 saturated heterocycles. The zero-order valence-corrected chi connectivity index (χ0v) is 11.3. The molecular formula is C15H24N2O. The monoisotopic (exact) mass is 248 g/mol. The third-order valence-electron chi connectivity index (χ3n) is 3.62. The summed E-state index contributed by atoms with van der Waals surface area (Å²) in [5.41, 5.74) is 2.68. The van der Waals surface area contributed by atoms with E-state index in [1.54, 1.807) is 0 Å². The number of hydrogen-bond donors (Lipinski definition) is 1. The third-order valence-corrected chi connectivity index (χ3v) is 3.62. The number of nitrogens with zero attached hydrogens (tertiary/aromatic N) is 2. The first-order valence-electron chi connectivity index (χ1n) is 6.94. The van der Waals surface area contributed by atoms with Crippen LogP contribution in [-0.4, -0.2) is 49.3 Å². The molecule has 1 heterocycles. The van der Waals surface area contributed by atoms with Crippen molar-refractivity contribution in [3.05, 3.63) is 29.8 Å². The zero-order valence-electron chi connectivity index (χ0n) is 11.3. The third kappa shape index (κ3) is 3.72. The predicted molar refractivity (Wildman–Crippen MR) is 76.2 cm³/mol. The first-order chi connectivity index (χ1) is 8.79. The number of hydrogen-bond acceptors (Lipinski definition) is 3. The van der Waals surface area contributed by atoms with Gasteiger partial charge >= 0.3 is 0 Å². The van der Waals surface area contributed by atoms with Crippen LogP contribution in [0.5, 0.6) is 0 Å². The maximum Gasteiger partial charge on any atom is 0.0431 e. The number of unbranched alkanes of at least 4 members (excludes halogenated alkanes) is 1. The molecule has 100 valence electrons. The Morgan fingerprint density at radius 3 is 2.56 bits per heavy atom. The van der Waals surface area contributed by atoms with Gasteiger partial charge in [-0.05, 0) is 44.0 Å². The molecule has 3 heteroatoms. The predicted octanol–water partition coefficient (Wildman–Crippen LogP) is 1.89. The lowest BCUT2D eigenvalue weighted by molar-refractivity contribution is 0.232. The lowest BCUT2D eigenvalue weighted by Crippen LogP contribution is -2.46.